The van der Waals surface area contributed by atoms with Crippen LogP contribution >= 0.6 is 11.6 Å². The zero-order chi connectivity index (χ0) is 21.3. The summed E-state index contributed by atoms with van der Waals surface area (Å²) in [6.07, 6.45) is 1.45. The molecular weight excluding hydrogens is 410 g/mol. The molecule has 0 unspecified atom stereocenters. The molecule has 4 rings (SSSR count). The number of ether oxygens (including phenoxy) is 2. The fraction of sp³-hybridized carbons (Fsp3) is 0. The first kappa shape index (κ1) is 19.7. The van der Waals surface area contributed by atoms with Gasteiger partial charge in [0.05, 0.1) is 21.8 Å². The highest BCUT2D eigenvalue weighted by atomic mass is 35.5. The number of nitrogens with zero attached hydrogens (tertiary/aromatic N) is 1. The van der Waals surface area contributed by atoms with E-state index in [1.54, 1.807) is 36.4 Å². The van der Waals surface area contributed by atoms with Crippen LogP contribution < -0.4 is 14.7 Å². The van der Waals surface area contributed by atoms with Gasteiger partial charge in [0.2, 0.25) is 5.78 Å². The van der Waals surface area contributed by atoms with Crippen LogP contribution in [-0.4, -0.2) is 17.0 Å². The van der Waals surface area contributed by atoms with Crippen LogP contribution in [-0.2, 0) is 0 Å². The third kappa shape index (κ3) is 3.90. The molecule has 1 N–H and O–H groups in total. The Morgan fingerprint density at radius 2 is 1.90 bits per heavy atom. The lowest BCUT2D eigenvalue weighted by molar-refractivity contribution is 0.0734. The van der Waals surface area contributed by atoms with Gasteiger partial charge in [0, 0.05) is 6.07 Å². The lowest BCUT2D eigenvalue weighted by Gasteiger charge is -2.21. The number of halogens is 1. The summed E-state index contributed by atoms with van der Waals surface area (Å²) in [6.45, 7) is 0. The van der Waals surface area contributed by atoms with E-state index < -0.39 is 5.97 Å². The van der Waals surface area contributed by atoms with Gasteiger partial charge in [-0.2, -0.15) is 0 Å². The molecule has 0 radical (unpaired) electrons. The highest BCUT2D eigenvalue weighted by Crippen LogP contribution is 2.35. The SMILES string of the molecule is O=C(Oc1ccc2c(c1)OC(=Cc1cccc(N([O-])O)c1)C2=O)c1ccccc1Cl. The summed E-state index contributed by atoms with van der Waals surface area (Å²) >= 11 is 6.01. The maximum absolute atomic E-state index is 12.6. The molecular formula is C22H13ClNO6-. The third-order valence-corrected chi connectivity index (χ3v) is 4.66. The van der Waals surface area contributed by atoms with Gasteiger partial charge in [0.25, 0.3) is 0 Å². The molecule has 0 fully saturated rings. The molecule has 1 heterocycles. The first-order chi connectivity index (χ1) is 14.4. The van der Waals surface area contributed by atoms with Gasteiger partial charge >= 0.3 is 5.97 Å². The van der Waals surface area contributed by atoms with Crippen LogP contribution in [0.3, 0.4) is 0 Å². The second-order valence-corrected chi connectivity index (χ2v) is 6.74. The van der Waals surface area contributed by atoms with Crippen LogP contribution in [0, 0.1) is 5.21 Å². The van der Waals surface area contributed by atoms with Crippen molar-refractivity contribution in [2.45, 2.75) is 0 Å². The molecule has 30 heavy (non-hydrogen) atoms. The molecule has 8 heteroatoms. The van der Waals surface area contributed by atoms with E-state index in [9.17, 15) is 14.8 Å². The molecule has 0 spiro atoms. The highest BCUT2D eigenvalue weighted by molar-refractivity contribution is 6.33. The third-order valence-electron chi connectivity index (χ3n) is 4.33. The summed E-state index contributed by atoms with van der Waals surface area (Å²) in [7, 11) is 0. The van der Waals surface area contributed by atoms with Crippen molar-refractivity contribution in [3.05, 3.63) is 99.4 Å². The number of Topliss-reactive ketones (excluding diaryl/α,β-unsaturated/α-hetero) is 1. The Hall–Kier alpha value is -3.65. The minimum absolute atomic E-state index is 0.0149. The number of ketones is 1. The van der Waals surface area contributed by atoms with Gasteiger partial charge in [0.15, 0.2) is 5.76 Å². The average Bonchev–Trinajstić information content (AvgIpc) is 3.03. The van der Waals surface area contributed by atoms with Gasteiger partial charge < -0.3 is 19.9 Å². The molecule has 0 atom stereocenters. The van der Waals surface area contributed by atoms with E-state index in [1.807, 2.05) is 0 Å². The smallest absolute Gasteiger partial charge is 0.345 e. The van der Waals surface area contributed by atoms with Crippen LogP contribution in [0.1, 0.15) is 26.3 Å². The molecule has 1 aliphatic rings. The van der Waals surface area contributed by atoms with Crippen molar-refractivity contribution in [2.75, 3.05) is 5.23 Å². The second kappa shape index (κ2) is 8.00. The van der Waals surface area contributed by atoms with E-state index in [1.165, 1.54) is 36.4 Å². The fourth-order valence-corrected chi connectivity index (χ4v) is 3.12. The van der Waals surface area contributed by atoms with Crippen molar-refractivity contribution < 1.29 is 24.3 Å². The van der Waals surface area contributed by atoms with Crippen molar-refractivity contribution in [1.29, 1.82) is 0 Å². The second-order valence-electron chi connectivity index (χ2n) is 6.34. The van der Waals surface area contributed by atoms with Gasteiger partial charge in [-0.25, -0.2) is 4.79 Å². The molecule has 1 aliphatic heterocycles. The number of carbonyl (C=O) groups is 2. The zero-order valence-electron chi connectivity index (χ0n) is 15.2. The highest BCUT2D eigenvalue weighted by Gasteiger charge is 2.28. The molecule has 0 aromatic heterocycles. The molecule has 0 saturated heterocycles. The summed E-state index contributed by atoms with van der Waals surface area (Å²) in [5.74, 6) is -0.533. The summed E-state index contributed by atoms with van der Waals surface area (Å²) in [5, 5.41) is 20.0. The quantitative estimate of drug-likeness (QED) is 0.277. The number of hydrogen-bond donors (Lipinski definition) is 1. The predicted octanol–water partition coefficient (Wildman–Crippen LogP) is 4.87. The van der Waals surface area contributed by atoms with Gasteiger partial charge in [-0.15, -0.1) is 0 Å². The molecule has 7 nitrogen and oxygen atoms in total. The topological polar surface area (TPSA) is 99.1 Å². The Kier molecular flexibility index (Phi) is 5.24. The predicted molar refractivity (Wildman–Crippen MR) is 110 cm³/mol. The Morgan fingerprint density at radius 1 is 1.10 bits per heavy atom. The van der Waals surface area contributed by atoms with Gasteiger partial charge in [0.1, 0.15) is 11.5 Å². The van der Waals surface area contributed by atoms with Crippen molar-refractivity contribution in [3.63, 3.8) is 0 Å². The first-order valence-corrected chi connectivity index (χ1v) is 9.11. The molecule has 3 aromatic carbocycles. The van der Waals surface area contributed by atoms with Gasteiger partial charge in [-0.05, 0) is 48.0 Å². The van der Waals surface area contributed by atoms with Crippen molar-refractivity contribution in [1.82, 2.24) is 0 Å². The molecule has 0 amide bonds. The monoisotopic (exact) mass is 422 g/mol. The first-order valence-electron chi connectivity index (χ1n) is 8.73. The fourth-order valence-electron chi connectivity index (χ4n) is 2.90. The Labute approximate surface area is 175 Å². The Morgan fingerprint density at radius 3 is 2.67 bits per heavy atom. The van der Waals surface area contributed by atoms with Crippen LogP contribution in [0.25, 0.3) is 6.08 Å². The van der Waals surface area contributed by atoms with Crippen LogP contribution in [0.15, 0.2) is 72.5 Å². The average molecular weight is 423 g/mol. The number of allylic oxidation sites excluding steroid dienone is 1. The van der Waals surface area contributed by atoms with Crippen LogP contribution in [0.5, 0.6) is 11.5 Å². The summed E-state index contributed by atoms with van der Waals surface area (Å²) < 4.78 is 11.0. The van der Waals surface area contributed by atoms with Crippen LogP contribution in [0.4, 0.5) is 5.69 Å². The minimum atomic E-state index is -0.636. The van der Waals surface area contributed by atoms with Crippen molar-refractivity contribution in [3.8, 4) is 11.5 Å². The minimum Gasteiger partial charge on any atom is -0.733 e. The molecule has 0 bridgehead atoms. The number of fused-ring (bicyclic) bond motifs is 1. The number of carbonyl (C=O) groups excluding carboxylic acids is 2. The standard InChI is InChI=1S/C22H13ClNO6/c23-18-7-2-1-6-16(18)22(26)29-15-8-9-17-19(12-15)30-20(21(17)25)11-13-4-3-5-14(10-13)24(27)28/h1-12,27H/q-1. The van der Waals surface area contributed by atoms with E-state index in [0.29, 0.717) is 11.1 Å². The largest absolute Gasteiger partial charge is 0.733 e. The maximum Gasteiger partial charge on any atom is 0.345 e. The molecule has 3 aromatic rings. The number of anilines is 1. The number of benzene rings is 3. The Balaban J connectivity index is 1.56. The van der Waals surface area contributed by atoms with E-state index in [0.717, 1.165) is 0 Å². The van der Waals surface area contributed by atoms with Crippen molar-refractivity contribution in [2.24, 2.45) is 0 Å². The zero-order valence-corrected chi connectivity index (χ0v) is 16.0. The van der Waals surface area contributed by atoms with Gasteiger partial charge in [-0.3, -0.25) is 10.0 Å². The lowest BCUT2D eigenvalue weighted by Crippen LogP contribution is -2.09. The molecule has 0 aliphatic carbocycles. The van der Waals surface area contributed by atoms with E-state index in [4.69, 9.17) is 26.3 Å². The molecule has 150 valence electrons. The van der Waals surface area contributed by atoms with E-state index in [-0.39, 0.29) is 44.5 Å². The normalized spacial score (nSPS) is 13.7. The summed E-state index contributed by atoms with van der Waals surface area (Å²) in [4.78, 5) is 24.9. The van der Waals surface area contributed by atoms with E-state index in [2.05, 4.69) is 0 Å². The summed E-state index contributed by atoms with van der Waals surface area (Å²) in [6, 6.07) is 16.9. The molecule has 0 saturated carbocycles. The van der Waals surface area contributed by atoms with Gasteiger partial charge in [-0.1, -0.05) is 35.9 Å². The van der Waals surface area contributed by atoms with Crippen LogP contribution in [0.2, 0.25) is 5.02 Å². The Bertz CT molecular complexity index is 1190. The lowest BCUT2D eigenvalue weighted by atomic mass is 10.1. The number of esters is 1. The number of hydrogen-bond acceptors (Lipinski definition) is 7. The number of rotatable bonds is 4. The van der Waals surface area contributed by atoms with Crippen molar-refractivity contribution >= 4 is 35.1 Å². The van der Waals surface area contributed by atoms with E-state index >= 15 is 0 Å². The summed E-state index contributed by atoms with van der Waals surface area (Å²) in [5.41, 5.74) is 1.03. The maximum atomic E-state index is 12.6.